The Balaban J connectivity index is 2.50. The Morgan fingerprint density at radius 3 is 1.87 bits per heavy atom. The van der Waals surface area contributed by atoms with Crippen molar-refractivity contribution >= 4 is 43.7 Å². The molecule has 1 unspecified atom stereocenters. The molecule has 0 aromatic heterocycles. The number of benzene rings is 1. The molecular weight excluding hydrogens is 500 g/mol. The number of esters is 3. The average Bonchev–Trinajstić information content (AvgIpc) is 2.65. The number of rotatable bonds is 6. The van der Waals surface area contributed by atoms with Crippen LogP contribution >= 0.6 is 15.9 Å². The number of carbonyl (C=O) groups is 3. The second kappa shape index (κ2) is 10.1. The lowest BCUT2D eigenvalue weighted by atomic mass is 9.99. The fourth-order valence-corrected chi connectivity index (χ4v) is 5.09. The normalized spacial score (nSPS) is 27.1. The highest BCUT2D eigenvalue weighted by Crippen LogP contribution is 2.35. The van der Waals surface area contributed by atoms with Crippen LogP contribution in [0.2, 0.25) is 0 Å². The summed E-state index contributed by atoms with van der Waals surface area (Å²) < 4.78 is 47.0. The van der Waals surface area contributed by atoms with Crippen LogP contribution in [0.15, 0.2) is 29.2 Å². The van der Waals surface area contributed by atoms with Gasteiger partial charge in [-0.25, -0.2) is 8.42 Å². The smallest absolute Gasteiger partial charge is 0.303 e. The molecule has 0 saturated carbocycles. The number of hydrogen-bond acceptors (Lipinski definition) is 10. The van der Waals surface area contributed by atoms with Gasteiger partial charge in [0, 0.05) is 20.8 Å². The summed E-state index contributed by atoms with van der Waals surface area (Å²) in [5.74, 6) is -2.41. The molecule has 1 aromatic rings. The van der Waals surface area contributed by atoms with E-state index < -0.39 is 62.6 Å². The van der Waals surface area contributed by atoms with E-state index in [-0.39, 0.29) is 4.90 Å². The van der Waals surface area contributed by atoms with Crippen LogP contribution in [0.25, 0.3) is 0 Å². The van der Waals surface area contributed by atoms with E-state index in [2.05, 4.69) is 15.9 Å². The molecule has 0 spiro atoms. The number of carbonyl (C=O) groups excluding carboxylic acids is 3. The van der Waals surface area contributed by atoms with Gasteiger partial charge in [-0.2, -0.15) is 0 Å². The van der Waals surface area contributed by atoms with Gasteiger partial charge in [0.1, 0.15) is 6.10 Å². The lowest BCUT2D eigenvalue weighted by Gasteiger charge is -2.44. The number of alkyl halides is 1. The molecule has 0 bridgehead atoms. The van der Waals surface area contributed by atoms with Gasteiger partial charge in [-0.15, -0.1) is 0 Å². The molecule has 0 amide bonds. The van der Waals surface area contributed by atoms with Gasteiger partial charge in [-0.3, -0.25) is 14.4 Å². The number of sulfone groups is 1. The van der Waals surface area contributed by atoms with Crippen LogP contribution in [-0.4, -0.2) is 66.3 Å². The first-order valence-electron chi connectivity index (χ1n) is 9.14. The third kappa shape index (κ3) is 6.03. The third-order valence-corrected chi connectivity index (χ3v) is 6.94. The summed E-state index contributed by atoms with van der Waals surface area (Å²) >= 11 is 3.11. The van der Waals surface area contributed by atoms with Crippen molar-refractivity contribution < 1.29 is 46.9 Å². The maximum atomic E-state index is 13.0. The van der Waals surface area contributed by atoms with E-state index in [4.69, 9.17) is 18.9 Å². The number of aliphatic hydroxyl groups is 1. The molecule has 0 aliphatic carbocycles. The van der Waals surface area contributed by atoms with Crippen molar-refractivity contribution in [1.29, 1.82) is 0 Å². The second-order valence-electron chi connectivity index (χ2n) is 6.92. The number of aliphatic hydroxyl groups excluding tert-OH is 1. The van der Waals surface area contributed by atoms with E-state index in [0.29, 0.717) is 0 Å². The van der Waals surface area contributed by atoms with Crippen molar-refractivity contribution in [1.82, 2.24) is 0 Å². The summed E-state index contributed by atoms with van der Waals surface area (Å²) in [6.45, 7) is 4.99. The monoisotopic (exact) mass is 522 g/mol. The van der Waals surface area contributed by atoms with Crippen molar-refractivity contribution in [2.45, 2.75) is 67.5 Å². The molecule has 2 rings (SSSR count). The lowest BCUT2D eigenvalue weighted by molar-refractivity contribution is -0.238. The molecule has 1 aromatic carbocycles. The minimum atomic E-state index is -4.37. The molecule has 1 aliphatic heterocycles. The zero-order chi connectivity index (χ0) is 23.5. The van der Waals surface area contributed by atoms with Crippen LogP contribution in [0.3, 0.4) is 0 Å². The second-order valence-corrected chi connectivity index (χ2v) is 9.87. The highest BCUT2D eigenvalue weighted by Gasteiger charge is 2.55. The number of ether oxygens (including phenoxy) is 4. The molecule has 12 heteroatoms. The van der Waals surface area contributed by atoms with E-state index in [0.717, 1.165) is 26.3 Å². The largest absolute Gasteiger partial charge is 0.455 e. The molecule has 31 heavy (non-hydrogen) atoms. The lowest BCUT2D eigenvalue weighted by Crippen LogP contribution is -2.63. The molecule has 1 aliphatic rings. The first-order chi connectivity index (χ1) is 14.3. The zero-order valence-corrected chi connectivity index (χ0v) is 19.6. The van der Waals surface area contributed by atoms with Crippen LogP contribution in [0.5, 0.6) is 0 Å². The van der Waals surface area contributed by atoms with Crippen molar-refractivity contribution in [2.75, 3.05) is 0 Å². The first-order valence-corrected chi connectivity index (χ1v) is 11.6. The van der Waals surface area contributed by atoms with Gasteiger partial charge in [0.25, 0.3) is 0 Å². The number of aryl methyl sites for hydroxylation is 1. The average molecular weight is 523 g/mol. The van der Waals surface area contributed by atoms with Gasteiger partial charge in [-0.05, 0) is 19.1 Å². The SMILES string of the molecule is CC(=O)O[C@@H]1[C@@H](OC(C)=O)[C@@H](Br)O[C@H](C(O)S(=O)(=O)c2ccc(C)cc2)[C@H]1OC(C)=O. The van der Waals surface area contributed by atoms with Crippen molar-refractivity contribution in [2.24, 2.45) is 0 Å². The van der Waals surface area contributed by atoms with Crippen LogP contribution in [0.4, 0.5) is 0 Å². The summed E-state index contributed by atoms with van der Waals surface area (Å²) in [7, 11) is -4.37. The molecule has 6 atom stereocenters. The van der Waals surface area contributed by atoms with Gasteiger partial charge in [-0.1, -0.05) is 33.6 Å². The quantitative estimate of drug-likeness (QED) is 0.326. The van der Waals surface area contributed by atoms with Gasteiger partial charge in [0.05, 0.1) is 4.90 Å². The Morgan fingerprint density at radius 2 is 1.39 bits per heavy atom. The summed E-state index contributed by atoms with van der Waals surface area (Å²) in [4.78, 5) is 34.7. The summed E-state index contributed by atoms with van der Waals surface area (Å²) in [6.07, 6.45) is -5.99. The van der Waals surface area contributed by atoms with E-state index in [1.165, 1.54) is 12.1 Å². The van der Waals surface area contributed by atoms with Crippen molar-refractivity contribution in [3.63, 3.8) is 0 Å². The Kier molecular flexibility index (Phi) is 8.20. The topological polar surface area (TPSA) is 142 Å². The standard InChI is InChI=1S/C19H23BrO10S/c1-9-5-7-13(8-6-9)31(25,26)19(24)17-15(28-11(3)22)14(27-10(2)21)16(18(20)30-17)29-12(4)23/h5-8,14-19,24H,1-4H3/t14-,15-,16+,17-,18-,19?/m0/s1. The van der Waals surface area contributed by atoms with Gasteiger partial charge < -0.3 is 24.1 Å². The van der Waals surface area contributed by atoms with E-state index in [1.54, 1.807) is 19.1 Å². The maximum Gasteiger partial charge on any atom is 0.303 e. The molecule has 10 nitrogen and oxygen atoms in total. The molecule has 1 heterocycles. The first kappa shape index (κ1) is 25.2. The zero-order valence-electron chi connectivity index (χ0n) is 17.2. The van der Waals surface area contributed by atoms with Crippen molar-refractivity contribution in [3.8, 4) is 0 Å². The van der Waals surface area contributed by atoms with E-state index in [9.17, 15) is 27.9 Å². The molecule has 172 valence electrons. The van der Waals surface area contributed by atoms with Crippen LogP contribution < -0.4 is 0 Å². The predicted octanol–water partition coefficient (Wildman–Crippen LogP) is 1.00. The molecule has 0 radical (unpaired) electrons. The van der Waals surface area contributed by atoms with E-state index >= 15 is 0 Å². The fraction of sp³-hybridized carbons (Fsp3) is 0.526. The van der Waals surface area contributed by atoms with Gasteiger partial charge >= 0.3 is 17.9 Å². The molecule has 1 N–H and O–H groups in total. The molecule has 1 saturated heterocycles. The Labute approximate surface area is 187 Å². The van der Waals surface area contributed by atoms with Crippen LogP contribution in [-0.2, 0) is 43.2 Å². The summed E-state index contributed by atoms with van der Waals surface area (Å²) in [6, 6.07) is 5.73. The maximum absolute atomic E-state index is 13.0. The highest BCUT2D eigenvalue weighted by molar-refractivity contribution is 9.09. The third-order valence-electron chi connectivity index (χ3n) is 4.37. The fourth-order valence-electron chi connectivity index (χ4n) is 3.07. The van der Waals surface area contributed by atoms with Gasteiger partial charge in [0.2, 0.25) is 9.84 Å². The summed E-state index contributed by atoms with van der Waals surface area (Å²) in [5, 5.41) is 9.59. The number of halogens is 1. The minimum absolute atomic E-state index is 0.187. The van der Waals surface area contributed by atoms with Gasteiger partial charge in [0.15, 0.2) is 28.8 Å². The number of hydrogen-bond donors (Lipinski definition) is 1. The Morgan fingerprint density at radius 1 is 0.935 bits per heavy atom. The highest BCUT2D eigenvalue weighted by atomic mass is 79.9. The Bertz CT molecular complexity index is 930. The minimum Gasteiger partial charge on any atom is -0.455 e. The molecular formula is C19H23BrO10S. The van der Waals surface area contributed by atoms with Crippen molar-refractivity contribution in [3.05, 3.63) is 29.8 Å². The predicted molar refractivity (Wildman–Crippen MR) is 109 cm³/mol. The molecule has 1 fully saturated rings. The van der Waals surface area contributed by atoms with Crippen LogP contribution in [0, 0.1) is 6.92 Å². The summed E-state index contributed by atoms with van der Waals surface area (Å²) in [5.41, 5.74) is -1.39. The Hall–Kier alpha value is -2.02. The van der Waals surface area contributed by atoms with E-state index in [1.807, 2.05) is 0 Å². The van der Waals surface area contributed by atoms with Crippen LogP contribution in [0.1, 0.15) is 26.3 Å².